The van der Waals surface area contributed by atoms with Crippen molar-refractivity contribution in [2.24, 2.45) is 5.18 Å². The van der Waals surface area contributed by atoms with Gasteiger partial charge in [0.1, 0.15) is 0 Å². The van der Waals surface area contributed by atoms with Crippen LogP contribution in [0.25, 0.3) is 0 Å². The second-order valence-corrected chi connectivity index (χ2v) is 0.839. The van der Waals surface area contributed by atoms with Crippen LogP contribution in [0, 0.1) is 4.91 Å². The number of hydrogen-bond donors (Lipinski definition) is 0. The topological polar surface area (TPSA) is 46.5 Å². The lowest BCUT2D eigenvalue weighted by Gasteiger charge is -1.69. The molecule has 6 heavy (non-hydrogen) atoms. The third-order valence-electron chi connectivity index (χ3n) is 0.404. The largest absolute Gasteiger partial charge is 0.286 e. The van der Waals surface area contributed by atoms with Crippen LogP contribution >= 0.6 is 0 Å². The van der Waals surface area contributed by atoms with Gasteiger partial charge >= 0.3 is 0 Å². The summed E-state index contributed by atoms with van der Waals surface area (Å²) in [6.45, 7) is 1.59. The lowest BCUT2D eigenvalue weighted by Crippen LogP contribution is -1.83. The molecule has 0 bridgehead atoms. The summed E-state index contributed by atoms with van der Waals surface area (Å²) in [6, 6.07) is 0. The van der Waals surface area contributed by atoms with E-state index in [0.29, 0.717) is 0 Å². The van der Waals surface area contributed by atoms with E-state index in [0.717, 1.165) is 0 Å². The second-order valence-electron chi connectivity index (χ2n) is 0.839. The lowest BCUT2D eigenvalue weighted by atomic mass is 10.5. The molecule has 0 atom stereocenters. The molecule has 0 aromatic carbocycles. The molecule has 3 heteroatoms. The van der Waals surface area contributed by atoms with Crippen LogP contribution in [0.15, 0.2) is 5.18 Å². The summed E-state index contributed by atoms with van der Waals surface area (Å²) in [7, 11) is 0. The van der Waals surface area contributed by atoms with Crippen molar-refractivity contribution in [3.63, 3.8) is 0 Å². The lowest BCUT2D eigenvalue weighted by molar-refractivity contribution is -0.117. The standard InChI is InChI=1S/C3H5NO2/c1-2-3(5)4-6/h2H2,1H3. The van der Waals surface area contributed by atoms with E-state index in [9.17, 15) is 4.79 Å². The maximum absolute atomic E-state index is 9.70. The molecule has 0 saturated heterocycles. The molecule has 0 rings (SSSR count). The minimum absolute atomic E-state index is 0.212. The summed E-state index contributed by atoms with van der Waals surface area (Å²) in [5, 5.41) is 2.12. The van der Waals surface area contributed by atoms with Gasteiger partial charge in [0, 0.05) is 11.6 Å². The van der Waals surface area contributed by atoms with Crippen molar-refractivity contribution < 1.29 is 4.79 Å². The Morgan fingerprint density at radius 1 is 1.83 bits per heavy atom. The van der Waals surface area contributed by atoms with Gasteiger partial charge in [-0.1, -0.05) is 6.92 Å². The van der Waals surface area contributed by atoms with Gasteiger partial charge in [0.15, 0.2) is 0 Å². The van der Waals surface area contributed by atoms with Gasteiger partial charge in [0.2, 0.25) is 0 Å². The van der Waals surface area contributed by atoms with Crippen molar-refractivity contribution in [2.75, 3.05) is 0 Å². The molecular weight excluding hydrogens is 82.0 g/mol. The molecule has 0 saturated carbocycles. The van der Waals surface area contributed by atoms with Crippen molar-refractivity contribution >= 4 is 5.91 Å². The summed E-state index contributed by atoms with van der Waals surface area (Å²) in [6.07, 6.45) is 0.212. The van der Waals surface area contributed by atoms with E-state index < -0.39 is 5.91 Å². The SMILES string of the molecule is CCC(=O)N=O. The van der Waals surface area contributed by atoms with E-state index in [4.69, 9.17) is 4.91 Å². The molecule has 0 spiro atoms. The van der Waals surface area contributed by atoms with Crippen LogP contribution in [-0.4, -0.2) is 5.91 Å². The molecule has 0 unspecified atom stereocenters. The van der Waals surface area contributed by atoms with E-state index in [1.54, 1.807) is 6.92 Å². The van der Waals surface area contributed by atoms with Gasteiger partial charge in [-0.05, 0) is 0 Å². The summed E-state index contributed by atoms with van der Waals surface area (Å²) in [4.78, 5) is 18.8. The molecule has 34 valence electrons. The predicted molar refractivity (Wildman–Crippen MR) is 21.1 cm³/mol. The highest BCUT2D eigenvalue weighted by atomic mass is 16.3. The predicted octanol–water partition coefficient (Wildman–Crippen LogP) is 0.689. The maximum atomic E-state index is 9.70. The fourth-order valence-corrected chi connectivity index (χ4v) is 0.0645. The average molecular weight is 87.1 g/mol. The minimum Gasteiger partial charge on any atom is -0.269 e. The Hall–Kier alpha value is -0.730. The number of nitrogens with zero attached hydrogens (tertiary/aromatic N) is 1. The second kappa shape index (κ2) is 2.50. The Morgan fingerprint density at radius 3 is 2.33 bits per heavy atom. The molecule has 0 heterocycles. The first-order valence-corrected chi connectivity index (χ1v) is 1.67. The summed E-state index contributed by atoms with van der Waals surface area (Å²) in [5.74, 6) is -0.588. The zero-order valence-corrected chi connectivity index (χ0v) is 3.47. The van der Waals surface area contributed by atoms with Crippen molar-refractivity contribution in [1.29, 1.82) is 0 Å². The first-order valence-electron chi connectivity index (χ1n) is 1.67. The molecular formula is C3H5NO2. The molecule has 0 N–H and O–H groups in total. The Labute approximate surface area is 35.3 Å². The van der Waals surface area contributed by atoms with Crippen LogP contribution in [0.2, 0.25) is 0 Å². The van der Waals surface area contributed by atoms with Crippen molar-refractivity contribution in [2.45, 2.75) is 13.3 Å². The van der Waals surface area contributed by atoms with Crippen LogP contribution in [0.3, 0.4) is 0 Å². The van der Waals surface area contributed by atoms with Crippen LogP contribution in [0.1, 0.15) is 13.3 Å². The summed E-state index contributed by atoms with van der Waals surface area (Å²) in [5.41, 5.74) is 0. The number of amides is 1. The van der Waals surface area contributed by atoms with Crippen LogP contribution < -0.4 is 0 Å². The quantitative estimate of drug-likeness (QED) is 0.441. The van der Waals surface area contributed by atoms with Gasteiger partial charge in [0.05, 0.1) is 0 Å². The van der Waals surface area contributed by atoms with Crippen LogP contribution in [-0.2, 0) is 4.79 Å². The maximum Gasteiger partial charge on any atom is 0.286 e. The first kappa shape index (κ1) is 5.27. The molecule has 3 nitrogen and oxygen atoms in total. The van der Waals surface area contributed by atoms with Crippen molar-refractivity contribution in [3.8, 4) is 0 Å². The van der Waals surface area contributed by atoms with Crippen LogP contribution in [0.4, 0.5) is 0 Å². The summed E-state index contributed by atoms with van der Waals surface area (Å²) < 4.78 is 0. The highest BCUT2D eigenvalue weighted by molar-refractivity contribution is 5.76. The number of carbonyl (C=O) groups excluding carboxylic acids is 1. The smallest absolute Gasteiger partial charge is 0.269 e. The molecule has 0 aromatic heterocycles. The Morgan fingerprint density at radius 2 is 2.33 bits per heavy atom. The third-order valence-corrected chi connectivity index (χ3v) is 0.404. The van der Waals surface area contributed by atoms with Crippen molar-refractivity contribution in [1.82, 2.24) is 0 Å². The molecule has 0 aliphatic rings. The van der Waals surface area contributed by atoms with Gasteiger partial charge in [-0.2, -0.15) is 0 Å². The van der Waals surface area contributed by atoms with Gasteiger partial charge in [-0.25, -0.2) is 0 Å². The zero-order chi connectivity index (χ0) is 4.99. The number of carbonyl (C=O) groups is 1. The van der Waals surface area contributed by atoms with E-state index >= 15 is 0 Å². The van der Waals surface area contributed by atoms with E-state index in [1.807, 2.05) is 0 Å². The van der Waals surface area contributed by atoms with E-state index in [-0.39, 0.29) is 6.42 Å². The molecule has 0 radical (unpaired) electrons. The number of rotatable bonds is 1. The number of hydrogen-bond acceptors (Lipinski definition) is 2. The minimum atomic E-state index is -0.588. The fourth-order valence-electron chi connectivity index (χ4n) is 0.0645. The average Bonchev–Trinajstić information content (AvgIpc) is 1.65. The summed E-state index contributed by atoms with van der Waals surface area (Å²) >= 11 is 0. The van der Waals surface area contributed by atoms with E-state index in [1.165, 1.54) is 0 Å². The fraction of sp³-hybridized carbons (Fsp3) is 0.667. The highest BCUT2D eigenvalue weighted by Gasteiger charge is 1.88. The highest BCUT2D eigenvalue weighted by Crippen LogP contribution is 1.76. The monoisotopic (exact) mass is 87.0 g/mol. The van der Waals surface area contributed by atoms with Gasteiger partial charge in [0.25, 0.3) is 5.91 Å². The first-order chi connectivity index (χ1) is 2.81. The molecule has 0 aromatic rings. The zero-order valence-electron chi connectivity index (χ0n) is 3.47. The Bertz CT molecular complexity index is 69.2. The normalized spacial score (nSPS) is 7.50. The Balaban J connectivity index is 3.23. The molecule has 0 aliphatic carbocycles. The Kier molecular flexibility index (Phi) is 2.20. The van der Waals surface area contributed by atoms with E-state index in [2.05, 4.69) is 5.18 Å². The molecule has 1 amide bonds. The van der Waals surface area contributed by atoms with Gasteiger partial charge < -0.3 is 0 Å². The van der Waals surface area contributed by atoms with Crippen molar-refractivity contribution in [3.05, 3.63) is 4.91 Å². The third kappa shape index (κ3) is 1.58. The van der Waals surface area contributed by atoms with Gasteiger partial charge in [-0.3, -0.25) is 4.79 Å². The number of nitroso groups, excluding NO2 is 1. The molecule has 0 aliphatic heterocycles. The molecule has 0 fully saturated rings. The van der Waals surface area contributed by atoms with Gasteiger partial charge in [-0.15, -0.1) is 4.91 Å². The van der Waals surface area contributed by atoms with Crippen LogP contribution in [0.5, 0.6) is 0 Å².